The van der Waals surface area contributed by atoms with Crippen LogP contribution in [0, 0.1) is 18.6 Å². The zero-order valence-corrected chi connectivity index (χ0v) is 10.4. The van der Waals surface area contributed by atoms with Gasteiger partial charge in [-0.05, 0) is 19.1 Å². The summed E-state index contributed by atoms with van der Waals surface area (Å²) in [5.74, 6) is -2.09. The van der Waals surface area contributed by atoms with E-state index in [4.69, 9.17) is 4.89 Å². The second-order valence-corrected chi connectivity index (χ2v) is 5.72. The predicted octanol–water partition coefficient (Wildman–Crippen LogP) is 1.40. The maximum absolute atomic E-state index is 13.3. The zero-order chi connectivity index (χ0) is 13.2. The minimum absolute atomic E-state index is 0.442. The quantitative estimate of drug-likeness (QED) is 0.668. The van der Waals surface area contributed by atoms with Crippen LogP contribution in [-0.2, 0) is 18.9 Å². The van der Waals surface area contributed by atoms with Gasteiger partial charge in [0.05, 0.1) is 0 Å². The van der Waals surface area contributed by atoms with Crippen LogP contribution in [0.15, 0.2) is 17.0 Å². The van der Waals surface area contributed by atoms with E-state index in [1.807, 2.05) is 0 Å². The molecule has 0 fully saturated rings. The summed E-state index contributed by atoms with van der Waals surface area (Å²) < 4.78 is 63.8. The monoisotopic (exact) mass is 286 g/mol. The fourth-order valence-electron chi connectivity index (χ4n) is 1.13. The fraction of sp³-hybridized carbons (Fsp3) is 0.250. The molecule has 96 valence electrons. The van der Waals surface area contributed by atoms with Gasteiger partial charge in [-0.2, -0.15) is 8.42 Å². The third-order valence-electron chi connectivity index (χ3n) is 1.88. The average molecular weight is 286 g/mol. The van der Waals surface area contributed by atoms with Crippen LogP contribution in [0.2, 0.25) is 0 Å². The van der Waals surface area contributed by atoms with E-state index in [0.29, 0.717) is 6.07 Å². The van der Waals surface area contributed by atoms with Crippen LogP contribution in [0.1, 0.15) is 5.56 Å². The van der Waals surface area contributed by atoms with Gasteiger partial charge in [-0.25, -0.2) is 8.78 Å². The summed E-state index contributed by atoms with van der Waals surface area (Å²) in [5.41, 5.74) is -0.442. The summed E-state index contributed by atoms with van der Waals surface area (Å²) in [7, 11) is -7.77. The van der Waals surface area contributed by atoms with Gasteiger partial charge in [-0.15, -0.1) is 0 Å². The van der Waals surface area contributed by atoms with Gasteiger partial charge in [-0.1, -0.05) is 0 Å². The molecular formula is C8H9F2O5PS. The van der Waals surface area contributed by atoms with Crippen molar-refractivity contribution in [2.75, 3.05) is 6.35 Å². The van der Waals surface area contributed by atoms with Crippen molar-refractivity contribution < 1.29 is 30.8 Å². The maximum atomic E-state index is 13.3. The Morgan fingerprint density at radius 2 is 1.88 bits per heavy atom. The Bertz CT molecular complexity index is 557. The molecule has 0 saturated carbocycles. The molecule has 0 aromatic heterocycles. The molecule has 0 heterocycles. The molecule has 1 atom stereocenters. The molecule has 0 aliphatic carbocycles. The molecule has 0 bridgehead atoms. The van der Waals surface area contributed by atoms with Gasteiger partial charge in [0.15, 0.2) is 0 Å². The Morgan fingerprint density at radius 1 is 1.35 bits per heavy atom. The molecule has 0 amide bonds. The molecule has 0 spiro atoms. The highest BCUT2D eigenvalue weighted by Crippen LogP contribution is 2.25. The summed E-state index contributed by atoms with van der Waals surface area (Å²) >= 11 is 0. The predicted molar refractivity (Wildman–Crippen MR) is 55.5 cm³/mol. The first kappa shape index (κ1) is 14.2. The molecule has 1 unspecified atom stereocenters. The Balaban J connectivity index is 3.24. The van der Waals surface area contributed by atoms with Crippen molar-refractivity contribution in [3.8, 4) is 0 Å². The van der Waals surface area contributed by atoms with Crippen molar-refractivity contribution in [2.45, 2.75) is 11.8 Å². The van der Waals surface area contributed by atoms with E-state index in [1.54, 1.807) is 0 Å². The lowest BCUT2D eigenvalue weighted by atomic mass is 10.2. The third kappa shape index (κ3) is 3.32. The summed E-state index contributed by atoms with van der Waals surface area (Å²) in [6.45, 7) is 1.07. The van der Waals surface area contributed by atoms with Crippen molar-refractivity contribution in [2.24, 2.45) is 0 Å². The van der Waals surface area contributed by atoms with E-state index in [-0.39, 0.29) is 0 Å². The van der Waals surface area contributed by atoms with Gasteiger partial charge in [-0.3, -0.25) is 8.75 Å². The first-order valence-corrected chi connectivity index (χ1v) is 7.28. The van der Waals surface area contributed by atoms with E-state index in [2.05, 4.69) is 4.18 Å². The van der Waals surface area contributed by atoms with Crippen LogP contribution in [0.4, 0.5) is 8.78 Å². The summed E-state index contributed by atoms with van der Waals surface area (Å²) in [4.78, 5) is 7.49. The van der Waals surface area contributed by atoms with Crippen LogP contribution in [0.3, 0.4) is 0 Å². The molecule has 1 N–H and O–H groups in total. The van der Waals surface area contributed by atoms with Gasteiger partial charge in [0, 0.05) is 5.56 Å². The van der Waals surface area contributed by atoms with Gasteiger partial charge in [0.2, 0.25) is 8.03 Å². The lowest BCUT2D eigenvalue weighted by Gasteiger charge is -2.08. The Kier molecular flexibility index (Phi) is 4.37. The molecule has 0 aliphatic heterocycles. The van der Waals surface area contributed by atoms with Crippen molar-refractivity contribution in [3.63, 3.8) is 0 Å². The van der Waals surface area contributed by atoms with Crippen LogP contribution in [0.25, 0.3) is 0 Å². The van der Waals surface area contributed by atoms with E-state index < -0.39 is 46.6 Å². The Morgan fingerprint density at radius 3 is 2.41 bits per heavy atom. The van der Waals surface area contributed by atoms with Gasteiger partial charge in [0.1, 0.15) is 22.9 Å². The summed E-state index contributed by atoms with van der Waals surface area (Å²) in [6.07, 6.45) is -0.970. The van der Waals surface area contributed by atoms with E-state index in [0.717, 1.165) is 13.0 Å². The SMILES string of the molecule is Cc1c(F)ccc(F)c1S(=O)(=O)OC[PH](=O)O. The normalized spacial score (nSPS) is 13.6. The minimum Gasteiger partial charge on any atom is -0.345 e. The molecular weight excluding hydrogens is 277 g/mol. The molecule has 1 aromatic carbocycles. The lowest BCUT2D eigenvalue weighted by molar-refractivity contribution is 0.351. The number of halogens is 2. The largest absolute Gasteiger partial charge is 0.345 e. The van der Waals surface area contributed by atoms with Gasteiger partial charge >= 0.3 is 10.1 Å². The highest BCUT2D eigenvalue weighted by atomic mass is 32.2. The number of benzene rings is 1. The van der Waals surface area contributed by atoms with Crippen molar-refractivity contribution in [1.82, 2.24) is 0 Å². The van der Waals surface area contributed by atoms with Crippen molar-refractivity contribution in [3.05, 3.63) is 29.3 Å². The number of rotatable bonds is 4. The topological polar surface area (TPSA) is 80.7 Å². The van der Waals surface area contributed by atoms with Crippen LogP contribution < -0.4 is 0 Å². The summed E-state index contributed by atoms with van der Waals surface area (Å²) in [6, 6.07) is 1.42. The lowest BCUT2D eigenvalue weighted by Crippen LogP contribution is -2.11. The molecule has 0 saturated heterocycles. The second-order valence-electron chi connectivity index (χ2n) is 3.09. The zero-order valence-electron chi connectivity index (χ0n) is 8.61. The fourth-order valence-corrected chi connectivity index (χ4v) is 3.05. The van der Waals surface area contributed by atoms with Crippen molar-refractivity contribution >= 4 is 18.1 Å². The highest BCUT2D eigenvalue weighted by molar-refractivity contribution is 7.87. The smallest absolute Gasteiger partial charge is 0.300 e. The first-order valence-electron chi connectivity index (χ1n) is 4.31. The minimum atomic E-state index is -4.59. The number of hydrogen-bond acceptors (Lipinski definition) is 4. The van der Waals surface area contributed by atoms with Crippen LogP contribution in [0.5, 0.6) is 0 Å². The van der Waals surface area contributed by atoms with E-state index in [9.17, 15) is 21.8 Å². The maximum Gasteiger partial charge on any atom is 0.300 e. The van der Waals surface area contributed by atoms with Crippen molar-refractivity contribution in [1.29, 1.82) is 0 Å². The van der Waals surface area contributed by atoms with Crippen LogP contribution in [-0.4, -0.2) is 19.7 Å². The summed E-state index contributed by atoms with van der Waals surface area (Å²) in [5, 5.41) is 0. The van der Waals surface area contributed by atoms with Gasteiger partial charge < -0.3 is 4.89 Å². The molecule has 0 aliphatic rings. The Labute approximate surface area is 97.0 Å². The van der Waals surface area contributed by atoms with Crippen LogP contribution >= 0.6 is 8.03 Å². The molecule has 17 heavy (non-hydrogen) atoms. The molecule has 5 nitrogen and oxygen atoms in total. The molecule has 1 aromatic rings. The average Bonchev–Trinajstić information content (AvgIpc) is 2.21. The second kappa shape index (κ2) is 5.22. The van der Waals surface area contributed by atoms with E-state index in [1.165, 1.54) is 0 Å². The molecule has 9 heteroatoms. The highest BCUT2D eigenvalue weighted by Gasteiger charge is 2.25. The van der Waals surface area contributed by atoms with Gasteiger partial charge in [0.25, 0.3) is 0 Å². The first-order chi connectivity index (χ1) is 7.75. The Hall–Kier alpha value is -0.820. The molecule has 0 radical (unpaired) electrons. The third-order valence-corrected chi connectivity index (χ3v) is 3.91. The van der Waals surface area contributed by atoms with E-state index >= 15 is 0 Å². The molecule has 1 rings (SSSR count). The standard InChI is InChI=1S/C8H9F2O5PS/c1-5-6(9)2-3-7(10)8(5)17(13,14)15-4-16(11)12/h2-3,16H,4H2,1H3,(H,11,12). The number of hydrogen-bond donors (Lipinski definition) is 1.